The van der Waals surface area contributed by atoms with Gasteiger partial charge in [-0.15, -0.1) is 0 Å². The van der Waals surface area contributed by atoms with Gasteiger partial charge in [-0.1, -0.05) is 29.3 Å². The normalized spacial score (nSPS) is 10.9. The molecule has 2 heterocycles. The number of carbonyl (C=O) groups excluding carboxylic acids is 1. The van der Waals surface area contributed by atoms with Gasteiger partial charge in [0, 0.05) is 21.9 Å². The first kappa shape index (κ1) is 14.9. The number of benzene rings is 1. The first-order valence-corrected chi connectivity index (χ1v) is 7.42. The molecule has 1 aromatic carbocycles. The molecule has 2 aromatic heterocycles. The molecule has 0 aliphatic carbocycles. The summed E-state index contributed by atoms with van der Waals surface area (Å²) in [6.45, 7) is 3.77. The number of amides is 1. The number of pyridine rings is 1. The average molecular weight is 334 g/mol. The van der Waals surface area contributed by atoms with E-state index in [2.05, 4.69) is 10.3 Å². The number of aromatic nitrogens is 2. The van der Waals surface area contributed by atoms with Gasteiger partial charge in [-0.05, 0) is 43.7 Å². The van der Waals surface area contributed by atoms with Crippen LogP contribution >= 0.6 is 23.2 Å². The number of aryl methyl sites for hydroxylation is 2. The largest absolute Gasteiger partial charge is 0.321 e. The van der Waals surface area contributed by atoms with Crippen molar-refractivity contribution in [1.29, 1.82) is 0 Å². The lowest BCUT2D eigenvalue weighted by Crippen LogP contribution is -2.15. The zero-order valence-corrected chi connectivity index (χ0v) is 13.5. The van der Waals surface area contributed by atoms with E-state index in [4.69, 9.17) is 23.2 Å². The molecule has 3 rings (SSSR count). The summed E-state index contributed by atoms with van der Waals surface area (Å²) in [7, 11) is 0. The number of nitrogens with one attached hydrogen (secondary N) is 1. The fourth-order valence-electron chi connectivity index (χ4n) is 2.36. The Kier molecular flexibility index (Phi) is 3.81. The Morgan fingerprint density at radius 1 is 1.14 bits per heavy atom. The Morgan fingerprint density at radius 3 is 2.50 bits per heavy atom. The van der Waals surface area contributed by atoms with E-state index in [1.165, 1.54) is 0 Å². The first-order chi connectivity index (χ1) is 10.4. The third kappa shape index (κ3) is 2.80. The van der Waals surface area contributed by atoms with E-state index in [0.29, 0.717) is 27.1 Å². The third-order valence-corrected chi connectivity index (χ3v) is 3.71. The minimum absolute atomic E-state index is 0.256. The van der Waals surface area contributed by atoms with Gasteiger partial charge in [-0.3, -0.25) is 9.20 Å². The Balaban J connectivity index is 2.01. The van der Waals surface area contributed by atoms with Gasteiger partial charge in [0.1, 0.15) is 11.3 Å². The number of rotatable bonds is 2. The topological polar surface area (TPSA) is 46.4 Å². The number of hydrogen-bond donors (Lipinski definition) is 1. The van der Waals surface area contributed by atoms with E-state index >= 15 is 0 Å². The lowest BCUT2D eigenvalue weighted by atomic mass is 10.2. The molecule has 6 heteroatoms. The number of halogens is 2. The molecule has 3 aromatic rings. The summed E-state index contributed by atoms with van der Waals surface area (Å²) in [5.74, 6) is -0.256. The monoisotopic (exact) mass is 333 g/mol. The predicted molar refractivity (Wildman–Crippen MR) is 89.1 cm³/mol. The average Bonchev–Trinajstić information content (AvgIpc) is 2.72. The lowest BCUT2D eigenvalue weighted by molar-refractivity contribution is 0.102. The molecule has 0 radical (unpaired) electrons. The van der Waals surface area contributed by atoms with Crippen molar-refractivity contribution >= 4 is 40.4 Å². The number of carbonyl (C=O) groups is 1. The maximum Gasteiger partial charge on any atom is 0.274 e. The number of anilines is 1. The highest BCUT2D eigenvalue weighted by Gasteiger charge is 2.17. The van der Waals surface area contributed by atoms with E-state index in [1.54, 1.807) is 22.6 Å². The van der Waals surface area contributed by atoms with Crippen molar-refractivity contribution in [3.63, 3.8) is 0 Å². The van der Waals surface area contributed by atoms with Gasteiger partial charge in [0.2, 0.25) is 0 Å². The van der Waals surface area contributed by atoms with Crippen molar-refractivity contribution in [2.45, 2.75) is 13.8 Å². The zero-order chi connectivity index (χ0) is 15.9. The van der Waals surface area contributed by atoms with Crippen LogP contribution in [0.4, 0.5) is 5.69 Å². The van der Waals surface area contributed by atoms with E-state index < -0.39 is 0 Å². The molecular weight excluding hydrogens is 321 g/mol. The standard InChI is InChI=1S/C16H13Cl2N3O/c1-9-3-4-14-19-10(2)15(21(14)8-9)16(22)20-13-6-11(17)5-12(18)7-13/h3-8H,1-2H3,(H,20,22). The van der Waals surface area contributed by atoms with Gasteiger partial charge < -0.3 is 5.32 Å². The summed E-state index contributed by atoms with van der Waals surface area (Å²) < 4.78 is 1.78. The quantitative estimate of drug-likeness (QED) is 0.749. The molecule has 0 spiro atoms. The summed E-state index contributed by atoms with van der Waals surface area (Å²) in [5.41, 5.74) is 3.48. The summed E-state index contributed by atoms with van der Waals surface area (Å²) in [5, 5.41) is 3.74. The summed E-state index contributed by atoms with van der Waals surface area (Å²) >= 11 is 11.9. The Hall–Kier alpha value is -2.04. The molecule has 0 unspecified atom stereocenters. The first-order valence-electron chi connectivity index (χ1n) is 6.67. The van der Waals surface area contributed by atoms with Crippen LogP contribution in [-0.4, -0.2) is 15.3 Å². The highest BCUT2D eigenvalue weighted by atomic mass is 35.5. The molecule has 112 valence electrons. The molecule has 4 nitrogen and oxygen atoms in total. The lowest BCUT2D eigenvalue weighted by Gasteiger charge is -2.07. The highest BCUT2D eigenvalue weighted by Crippen LogP contribution is 2.23. The Labute approximate surface area is 137 Å². The van der Waals surface area contributed by atoms with Crippen LogP contribution in [0.25, 0.3) is 5.65 Å². The number of imidazole rings is 1. The second kappa shape index (κ2) is 5.63. The van der Waals surface area contributed by atoms with Crippen LogP contribution in [0.15, 0.2) is 36.5 Å². The molecule has 0 aliphatic heterocycles. The number of nitrogens with zero attached hydrogens (tertiary/aromatic N) is 2. The number of fused-ring (bicyclic) bond motifs is 1. The van der Waals surface area contributed by atoms with Gasteiger partial charge in [-0.25, -0.2) is 4.98 Å². The van der Waals surface area contributed by atoms with Crippen LogP contribution in [0.1, 0.15) is 21.7 Å². The summed E-state index contributed by atoms with van der Waals surface area (Å²) in [6, 6.07) is 8.75. The molecule has 0 aliphatic rings. The summed E-state index contributed by atoms with van der Waals surface area (Å²) in [4.78, 5) is 17.0. The fraction of sp³-hybridized carbons (Fsp3) is 0.125. The highest BCUT2D eigenvalue weighted by molar-refractivity contribution is 6.35. The molecule has 0 atom stereocenters. The molecule has 22 heavy (non-hydrogen) atoms. The van der Waals surface area contributed by atoms with E-state index in [9.17, 15) is 4.79 Å². The second-order valence-corrected chi connectivity index (χ2v) is 5.97. The minimum Gasteiger partial charge on any atom is -0.321 e. The van der Waals surface area contributed by atoms with Crippen molar-refractivity contribution in [2.24, 2.45) is 0 Å². The van der Waals surface area contributed by atoms with Crippen molar-refractivity contribution in [2.75, 3.05) is 5.32 Å². The second-order valence-electron chi connectivity index (χ2n) is 5.09. The van der Waals surface area contributed by atoms with Crippen LogP contribution in [-0.2, 0) is 0 Å². The zero-order valence-electron chi connectivity index (χ0n) is 12.0. The maximum absolute atomic E-state index is 12.6. The predicted octanol–water partition coefficient (Wildman–Crippen LogP) is 4.51. The molecule has 0 saturated heterocycles. The molecule has 1 N–H and O–H groups in total. The van der Waals surface area contributed by atoms with E-state index in [-0.39, 0.29) is 5.91 Å². The third-order valence-electron chi connectivity index (χ3n) is 3.28. The van der Waals surface area contributed by atoms with Gasteiger partial charge in [-0.2, -0.15) is 0 Å². The minimum atomic E-state index is -0.256. The van der Waals surface area contributed by atoms with Crippen LogP contribution < -0.4 is 5.32 Å². The maximum atomic E-state index is 12.6. The molecular formula is C16H13Cl2N3O. The van der Waals surface area contributed by atoms with Gasteiger partial charge >= 0.3 is 0 Å². The van der Waals surface area contributed by atoms with Crippen LogP contribution in [0.5, 0.6) is 0 Å². The molecule has 1 amide bonds. The Morgan fingerprint density at radius 2 is 1.82 bits per heavy atom. The smallest absolute Gasteiger partial charge is 0.274 e. The van der Waals surface area contributed by atoms with E-state index in [1.807, 2.05) is 32.2 Å². The van der Waals surface area contributed by atoms with Gasteiger partial charge in [0.25, 0.3) is 5.91 Å². The van der Waals surface area contributed by atoms with E-state index in [0.717, 1.165) is 11.2 Å². The van der Waals surface area contributed by atoms with Crippen LogP contribution in [0.3, 0.4) is 0 Å². The van der Waals surface area contributed by atoms with Gasteiger partial charge in [0.15, 0.2) is 0 Å². The van der Waals surface area contributed by atoms with Crippen molar-refractivity contribution in [3.8, 4) is 0 Å². The number of hydrogen-bond acceptors (Lipinski definition) is 2. The van der Waals surface area contributed by atoms with Crippen LogP contribution in [0.2, 0.25) is 10.0 Å². The van der Waals surface area contributed by atoms with Crippen molar-refractivity contribution in [1.82, 2.24) is 9.38 Å². The van der Waals surface area contributed by atoms with Crippen molar-refractivity contribution < 1.29 is 4.79 Å². The molecule has 0 bridgehead atoms. The molecule has 0 saturated carbocycles. The fourth-order valence-corrected chi connectivity index (χ4v) is 2.88. The van der Waals surface area contributed by atoms with Crippen LogP contribution in [0, 0.1) is 13.8 Å². The SMILES string of the molecule is Cc1ccc2nc(C)c(C(=O)Nc3cc(Cl)cc(Cl)c3)n2c1. The molecule has 0 fully saturated rings. The summed E-state index contributed by atoms with van der Waals surface area (Å²) in [6.07, 6.45) is 1.88. The Bertz CT molecular complexity index is 866. The van der Waals surface area contributed by atoms with Gasteiger partial charge in [0.05, 0.1) is 5.69 Å². The van der Waals surface area contributed by atoms with Crippen molar-refractivity contribution in [3.05, 3.63) is 63.5 Å².